The summed E-state index contributed by atoms with van der Waals surface area (Å²) in [5.41, 5.74) is 9.96. The molecule has 88 valence electrons. The molecule has 0 saturated carbocycles. The Morgan fingerprint density at radius 2 is 2.00 bits per heavy atom. The highest BCUT2D eigenvalue weighted by atomic mass is 127. The lowest BCUT2D eigenvalue weighted by molar-refractivity contribution is 0.628. The summed E-state index contributed by atoms with van der Waals surface area (Å²) in [6.07, 6.45) is 4.28. The molecule has 0 saturated heterocycles. The second-order valence-corrected chi connectivity index (χ2v) is 5.60. The first-order chi connectivity index (χ1) is 8.16. The highest BCUT2D eigenvalue weighted by molar-refractivity contribution is 14.1. The third-order valence-electron chi connectivity index (χ3n) is 3.33. The van der Waals surface area contributed by atoms with Crippen molar-refractivity contribution in [1.82, 2.24) is 4.98 Å². The second-order valence-electron chi connectivity index (χ2n) is 4.44. The van der Waals surface area contributed by atoms with Crippen molar-refractivity contribution in [3.05, 3.63) is 32.8 Å². The second kappa shape index (κ2) is 4.08. The molecule has 4 heteroatoms. The van der Waals surface area contributed by atoms with E-state index in [2.05, 4.69) is 27.6 Å². The summed E-state index contributed by atoms with van der Waals surface area (Å²) in [7, 11) is 0. The number of nitrogens with two attached hydrogens (primary N) is 1. The number of hydrogen-bond acceptors (Lipinski definition) is 2. The molecule has 1 aliphatic rings. The molecule has 17 heavy (non-hydrogen) atoms. The Labute approximate surface area is 113 Å². The zero-order valence-corrected chi connectivity index (χ0v) is 11.4. The number of halogens is 2. The molecule has 0 radical (unpaired) electrons. The minimum atomic E-state index is -0.244. The largest absolute Gasteiger partial charge is 0.398 e. The van der Waals surface area contributed by atoms with Crippen LogP contribution in [0.2, 0.25) is 0 Å². The molecule has 3 rings (SSSR count). The van der Waals surface area contributed by atoms with Crippen LogP contribution in [-0.4, -0.2) is 4.98 Å². The molecular weight excluding hydrogens is 330 g/mol. The number of aromatic nitrogens is 1. The summed E-state index contributed by atoms with van der Waals surface area (Å²) in [6.45, 7) is 0. The molecule has 0 atom stereocenters. The molecule has 0 bridgehead atoms. The fourth-order valence-electron chi connectivity index (χ4n) is 2.49. The monoisotopic (exact) mass is 342 g/mol. The standard InChI is InChI=1S/C13H12FIN2/c14-7-5-9-12(16)8-3-1-2-4-11(8)17-13(9)10(15)6-7/h5-6H,1-4H2,(H2,16,17). The predicted molar refractivity (Wildman–Crippen MR) is 75.5 cm³/mol. The van der Waals surface area contributed by atoms with Crippen LogP contribution in [0.4, 0.5) is 10.1 Å². The number of anilines is 1. The quantitative estimate of drug-likeness (QED) is 0.745. The summed E-state index contributed by atoms with van der Waals surface area (Å²) in [4.78, 5) is 4.66. The molecule has 1 aromatic carbocycles. The third kappa shape index (κ3) is 1.78. The Morgan fingerprint density at radius 1 is 1.24 bits per heavy atom. The van der Waals surface area contributed by atoms with Gasteiger partial charge < -0.3 is 5.73 Å². The Bertz CT molecular complexity index is 610. The van der Waals surface area contributed by atoms with E-state index in [1.807, 2.05) is 0 Å². The van der Waals surface area contributed by atoms with Crippen molar-refractivity contribution >= 4 is 39.2 Å². The summed E-state index contributed by atoms with van der Waals surface area (Å²) >= 11 is 2.12. The zero-order chi connectivity index (χ0) is 12.0. The molecule has 2 nitrogen and oxygen atoms in total. The molecule has 1 aliphatic carbocycles. The van der Waals surface area contributed by atoms with Crippen LogP contribution in [0.5, 0.6) is 0 Å². The first-order valence-electron chi connectivity index (χ1n) is 5.73. The zero-order valence-electron chi connectivity index (χ0n) is 9.26. The van der Waals surface area contributed by atoms with Gasteiger partial charge in [0.2, 0.25) is 0 Å². The van der Waals surface area contributed by atoms with Crippen LogP contribution in [0.1, 0.15) is 24.1 Å². The normalized spacial score (nSPS) is 14.9. The van der Waals surface area contributed by atoms with E-state index in [1.165, 1.54) is 18.6 Å². The van der Waals surface area contributed by atoms with Crippen molar-refractivity contribution in [2.75, 3.05) is 5.73 Å². The molecule has 0 unspecified atom stereocenters. The highest BCUT2D eigenvalue weighted by Gasteiger charge is 2.17. The van der Waals surface area contributed by atoms with E-state index in [0.717, 1.165) is 50.7 Å². The lowest BCUT2D eigenvalue weighted by Crippen LogP contribution is -2.10. The summed E-state index contributed by atoms with van der Waals surface area (Å²) in [6, 6.07) is 3.00. The van der Waals surface area contributed by atoms with Crippen molar-refractivity contribution in [1.29, 1.82) is 0 Å². The summed E-state index contributed by atoms with van der Waals surface area (Å²) in [5, 5.41) is 0.759. The van der Waals surface area contributed by atoms with E-state index >= 15 is 0 Å². The van der Waals surface area contributed by atoms with Crippen LogP contribution in [0.15, 0.2) is 12.1 Å². The van der Waals surface area contributed by atoms with Gasteiger partial charge in [-0.25, -0.2) is 4.39 Å². The lowest BCUT2D eigenvalue weighted by atomic mass is 9.93. The number of nitrogens with zero attached hydrogens (tertiary/aromatic N) is 1. The van der Waals surface area contributed by atoms with Gasteiger partial charge in [-0.05, 0) is 66.0 Å². The average molecular weight is 342 g/mol. The fourth-order valence-corrected chi connectivity index (χ4v) is 3.19. The van der Waals surface area contributed by atoms with Gasteiger partial charge in [0.15, 0.2) is 0 Å². The van der Waals surface area contributed by atoms with Crippen molar-refractivity contribution in [2.45, 2.75) is 25.7 Å². The van der Waals surface area contributed by atoms with Gasteiger partial charge in [-0.1, -0.05) is 0 Å². The SMILES string of the molecule is Nc1c2c(nc3c(I)cc(F)cc13)CCCC2. The molecule has 1 heterocycles. The van der Waals surface area contributed by atoms with E-state index < -0.39 is 0 Å². The molecule has 0 fully saturated rings. The van der Waals surface area contributed by atoms with Gasteiger partial charge in [0, 0.05) is 20.3 Å². The van der Waals surface area contributed by atoms with E-state index in [1.54, 1.807) is 0 Å². The Kier molecular flexibility index (Phi) is 2.69. The van der Waals surface area contributed by atoms with Crippen LogP contribution >= 0.6 is 22.6 Å². The van der Waals surface area contributed by atoms with Crippen LogP contribution in [0.3, 0.4) is 0 Å². The lowest BCUT2D eigenvalue weighted by Gasteiger charge is -2.18. The Morgan fingerprint density at radius 3 is 2.82 bits per heavy atom. The van der Waals surface area contributed by atoms with Crippen LogP contribution in [0, 0.1) is 9.39 Å². The van der Waals surface area contributed by atoms with E-state index in [0.29, 0.717) is 0 Å². The first kappa shape index (κ1) is 11.2. The number of hydrogen-bond donors (Lipinski definition) is 1. The van der Waals surface area contributed by atoms with Gasteiger partial charge in [0.05, 0.1) is 5.52 Å². The molecular formula is C13H12FIN2. The number of aryl methyl sites for hydroxylation is 1. The molecule has 0 spiro atoms. The molecule has 1 aromatic heterocycles. The molecule has 2 aromatic rings. The number of rotatable bonds is 0. The van der Waals surface area contributed by atoms with Gasteiger partial charge >= 0.3 is 0 Å². The van der Waals surface area contributed by atoms with Gasteiger partial charge in [-0.3, -0.25) is 4.98 Å². The number of fused-ring (bicyclic) bond motifs is 2. The summed E-state index contributed by atoms with van der Waals surface area (Å²) in [5.74, 6) is -0.244. The van der Waals surface area contributed by atoms with Gasteiger partial charge in [0.1, 0.15) is 5.82 Å². The number of benzene rings is 1. The Balaban J connectivity index is 2.40. The number of nitrogen functional groups attached to an aromatic ring is 1. The Hall–Kier alpha value is -0.910. The topological polar surface area (TPSA) is 38.9 Å². The van der Waals surface area contributed by atoms with Crippen molar-refractivity contribution < 1.29 is 4.39 Å². The van der Waals surface area contributed by atoms with Gasteiger partial charge in [-0.2, -0.15) is 0 Å². The molecule has 0 aliphatic heterocycles. The fraction of sp³-hybridized carbons (Fsp3) is 0.308. The van der Waals surface area contributed by atoms with Crippen molar-refractivity contribution in [3.63, 3.8) is 0 Å². The van der Waals surface area contributed by atoms with Crippen LogP contribution in [0.25, 0.3) is 10.9 Å². The van der Waals surface area contributed by atoms with Crippen molar-refractivity contribution in [3.8, 4) is 0 Å². The smallest absolute Gasteiger partial charge is 0.125 e. The van der Waals surface area contributed by atoms with E-state index in [-0.39, 0.29) is 5.82 Å². The third-order valence-corrected chi connectivity index (χ3v) is 4.15. The highest BCUT2D eigenvalue weighted by Crippen LogP contribution is 2.33. The maximum atomic E-state index is 13.4. The average Bonchev–Trinajstić information content (AvgIpc) is 2.31. The minimum absolute atomic E-state index is 0.244. The van der Waals surface area contributed by atoms with Gasteiger partial charge in [-0.15, -0.1) is 0 Å². The first-order valence-corrected chi connectivity index (χ1v) is 6.80. The van der Waals surface area contributed by atoms with E-state index in [4.69, 9.17) is 5.73 Å². The maximum Gasteiger partial charge on any atom is 0.125 e. The minimum Gasteiger partial charge on any atom is -0.398 e. The van der Waals surface area contributed by atoms with Gasteiger partial charge in [0.25, 0.3) is 0 Å². The van der Waals surface area contributed by atoms with Crippen LogP contribution in [-0.2, 0) is 12.8 Å². The maximum absolute atomic E-state index is 13.4. The van der Waals surface area contributed by atoms with Crippen LogP contribution < -0.4 is 5.73 Å². The predicted octanol–water partition coefficient (Wildman–Crippen LogP) is 3.44. The van der Waals surface area contributed by atoms with Crippen molar-refractivity contribution in [2.24, 2.45) is 0 Å². The molecule has 0 amide bonds. The summed E-state index contributed by atoms with van der Waals surface area (Å²) < 4.78 is 14.3. The number of pyridine rings is 1. The molecule has 2 N–H and O–H groups in total. The van der Waals surface area contributed by atoms with E-state index in [9.17, 15) is 4.39 Å².